The van der Waals surface area contributed by atoms with Crippen molar-refractivity contribution in [2.45, 2.75) is 82.5 Å². The van der Waals surface area contributed by atoms with Gasteiger partial charge in [-0.15, -0.1) is 12.3 Å². The molecule has 0 spiro atoms. The minimum atomic E-state index is -1.47. The lowest BCUT2D eigenvalue weighted by Gasteiger charge is -2.21. The van der Waals surface area contributed by atoms with E-state index in [0.29, 0.717) is 43.6 Å². The summed E-state index contributed by atoms with van der Waals surface area (Å²) in [5.74, 6) is -2.92. The van der Waals surface area contributed by atoms with Crippen LogP contribution in [0.3, 0.4) is 0 Å². The maximum Gasteiger partial charge on any atom is 0.326 e. The van der Waals surface area contributed by atoms with Crippen LogP contribution in [0.2, 0.25) is 0 Å². The first-order chi connectivity index (χ1) is 28.7. The van der Waals surface area contributed by atoms with Crippen molar-refractivity contribution in [3.8, 4) is 12.3 Å². The molecule has 0 radical (unpaired) electrons. The summed E-state index contributed by atoms with van der Waals surface area (Å²) in [6.07, 6.45) is 8.53. The molecule has 60 heavy (non-hydrogen) atoms. The molecule has 0 aliphatic heterocycles. The molecule has 2 aromatic heterocycles. The first kappa shape index (κ1) is 46.1. The van der Waals surface area contributed by atoms with Gasteiger partial charge in [-0.05, 0) is 103 Å². The van der Waals surface area contributed by atoms with Crippen molar-refractivity contribution >= 4 is 81.0 Å². The largest absolute Gasteiger partial charge is 0.480 e. The van der Waals surface area contributed by atoms with Crippen molar-refractivity contribution in [1.29, 1.82) is 0 Å². The van der Waals surface area contributed by atoms with Crippen molar-refractivity contribution in [3.05, 3.63) is 85.5 Å². The number of hydrogen-bond donors (Lipinski definition) is 9. The zero-order valence-electron chi connectivity index (χ0n) is 32.3. The van der Waals surface area contributed by atoms with Crippen LogP contribution >= 0.6 is 22.6 Å². The second-order valence-corrected chi connectivity index (χ2v) is 14.8. The van der Waals surface area contributed by atoms with Gasteiger partial charge >= 0.3 is 11.9 Å². The summed E-state index contributed by atoms with van der Waals surface area (Å²) in [4.78, 5) is 102. The van der Waals surface area contributed by atoms with Gasteiger partial charge in [0.25, 0.3) is 11.5 Å². The number of rotatable bonds is 23. The standard InChI is InChI=1S/C40H45IN10O9/c1-2-6-28(36(55)49-29(38(57)58)8-3-4-20-43-31(52)9-5-7-23-10-14-25(41)15-11-23)47-32(53)19-18-30(39(59)60)48-35(54)24-12-16-26(17-13-24)44-21-27-22-45-34-33(46-27)37(56)51-40(42)50-34/h1,10-17,22,28-30,44H,3-9,18-21H2,(H,43,52)(H,47,53)(H,48,54)(H,49,55)(H,57,58)(H,59,60)(H3,42,45,50,51,56)/t28?,29-,30-/m0/s1. The van der Waals surface area contributed by atoms with Crippen molar-refractivity contribution in [2.24, 2.45) is 0 Å². The molecule has 3 atom stereocenters. The Morgan fingerprint density at radius 1 is 0.833 bits per heavy atom. The number of nitrogens with zero attached hydrogens (tertiary/aromatic N) is 3. The number of anilines is 2. The molecule has 0 saturated heterocycles. The zero-order valence-corrected chi connectivity index (χ0v) is 34.5. The van der Waals surface area contributed by atoms with Gasteiger partial charge in [0.2, 0.25) is 23.7 Å². The van der Waals surface area contributed by atoms with Gasteiger partial charge in [0.1, 0.15) is 18.1 Å². The third-order valence-electron chi connectivity index (χ3n) is 8.98. The minimum absolute atomic E-state index is 0.0194. The first-order valence-electron chi connectivity index (χ1n) is 18.9. The second-order valence-electron chi connectivity index (χ2n) is 13.6. The Hall–Kier alpha value is -6.63. The molecule has 19 nitrogen and oxygen atoms in total. The van der Waals surface area contributed by atoms with Gasteiger partial charge in [-0.1, -0.05) is 12.1 Å². The number of terminal acetylenes is 1. The molecule has 316 valence electrons. The number of carboxylic acid groups (broad SMARTS) is 2. The van der Waals surface area contributed by atoms with Crippen LogP contribution in [0.5, 0.6) is 0 Å². The number of hydrogen-bond acceptors (Lipinski definition) is 12. The maximum absolute atomic E-state index is 13.0. The molecule has 0 fully saturated rings. The number of nitrogens with two attached hydrogens (primary N) is 1. The summed E-state index contributed by atoms with van der Waals surface area (Å²) in [7, 11) is 0. The van der Waals surface area contributed by atoms with Crippen LogP contribution in [-0.4, -0.2) is 90.4 Å². The number of aryl methyl sites for hydroxylation is 1. The predicted molar refractivity (Wildman–Crippen MR) is 228 cm³/mol. The lowest BCUT2D eigenvalue weighted by atomic mass is 10.1. The quantitative estimate of drug-likeness (QED) is 0.0292. The van der Waals surface area contributed by atoms with Crippen LogP contribution in [-0.2, 0) is 36.9 Å². The van der Waals surface area contributed by atoms with Gasteiger partial charge < -0.3 is 42.5 Å². The number of nitrogen functional groups attached to an aromatic ring is 1. The zero-order chi connectivity index (χ0) is 43.6. The number of fused-ring (bicyclic) bond motifs is 1. The summed E-state index contributed by atoms with van der Waals surface area (Å²) < 4.78 is 1.14. The number of aromatic nitrogens is 4. The van der Waals surface area contributed by atoms with Gasteiger partial charge in [-0.3, -0.25) is 29.0 Å². The Morgan fingerprint density at radius 2 is 1.53 bits per heavy atom. The van der Waals surface area contributed by atoms with Crippen LogP contribution < -0.4 is 37.9 Å². The monoisotopic (exact) mass is 936 g/mol. The van der Waals surface area contributed by atoms with Crippen LogP contribution in [0.1, 0.15) is 73.0 Å². The number of halogens is 1. The lowest BCUT2D eigenvalue weighted by Crippen LogP contribution is -2.51. The number of aliphatic carboxylic acids is 2. The lowest BCUT2D eigenvalue weighted by molar-refractivity contribution is -0.142. The van der Waals surface area contributed by atoms with Gasteiger partial charge in [0, 0.05) is 40.6 Å². The minimum Gasteiger partial charge on any atom is -0.480 e. The van der Waals surface area contributed by atoms with Gasteiger partial charge in [-0.25, -0.2) is 19.6 Å². The summed E-state index contributed by atoms with van der Waals surface area (Å²) in [6.45, 7) is 0.509. The fraction of sp³-hybridized carbons (Fsp3) is 0.350. The summed E-state index contributed by atoms with van der Waals surface area (Å²) >= 11 is 2.23. The van der Waals surface area contributed by atoms with E-state index < -0.39 is 59.8 Å². The number of nitrogens with one attached hydrogen (secondary N) is 6. The van der Waals surface area contributed by atoms with E-state index >= 15 is 0 Å². The van der Waals surface area contributed by atoms with E-state index in [1.807, 2.05) is 24.3 Å². The highest BCUT2D eigenvalue weighted by Gasteiger charge is 2.27. The number of unbranched alkanes of at least 4 members (excludes halogenated alkanes) is 1. The highest BCUT2D eigenvalue weighted by atomic mass is 127. The van der Waals surface area contributed by atoms with Crippen molar-refractivity contribution in [1.82, 2.24) is 41.2 Å². The van der Waals surface area contributed by atoms with E-state index in [4.69, 9.17) is 12.2 Å². The number of aromatic amines is 1. The molecule has 4 amide bonds. The number of carbonyl (C=O) groups is 6. The smallest absolute Gasteiger partial charge is 0.326 e. The molecule has 20 heteroatoms. The average molecular weight is 937 g/mol. The fourth-order valence-electron chi connectivity index (χ4n) is 5.78. The molecule has 0 saturated carbocycles. The van der Waals surface area contributed by atoms with Crippen molar-refractivity contribution in [3.63, 3.8) is 0 Å². The highest BCUT2D eigenvalue weighted by Crippen LogP contribution is 2.13. The average Bonchev–Trinajstić information content (AvgIpc) is 3.21. The maximum atomic E-state index is 13.0. The molecule has 2 aromatic carbocycles. The molecule has 0 aliphatic rings. The third-order valence-corrected chi connectivity index (χ3v) is 9.70. The second kappa shape index (κ2) is 23.1. The number of benzene rings is 2. The van der Waals surface area contributed by atoms with Crippen molar-refractivity contribution in [2.75, 3.05) is 17.6 Å². The Kier molecular flexibility index (Phi) is 17.7. The molecule has 2 heterocycles. The van der Waals surface area contributed by atoms with E-state index in [-0.39, 0.29) is 54.4 Å². The summed E-state index contributed by atoms with van der Waals surface area (Å²) in [6, 6.07) is 10.1. The highest BCUT2D eigenvalue weighted by molar-refractivity contribution is 14.1. The topological polar surface area (TPSA) is 301 Å². The van der Waals surface area contributed by atoms with Gasteiger partial charge in [-0.2, -0.15) is 4.98 Å². The van der Waals surface area contributed by atoms with Gasteiger partial charge in [0.15, 0.2) is 11.2 Å². The Balaban J connectivity index is 1.18. The van der Waals surface area contributed by atoms with E-state index in [0.717, 1.165) is 15.6 Å². The molecular weight excluding hydrogens is 891 g/mol. The van der Waals surface area contributed by atoms with Crippen molar-refractivity contribution < 1.29 is 39.0 Å². The first-order valence-corrected chi connectivity index (χ1v) is 20.0. The van der Waals surface area contributed by atoms with E-state index in [1.54, 1.807) is 12.1 Å². The molecular formula is C40H45IN10O9. The molecule has 4 aromatic rings. The molecule has 1 unspecified atom stereocenters. The Labute approximate surface area is 357 Å². The summed E-state index contributed by atoms with van der Waals surface area (Å²) in [5.41, 5.74) is 7.39. The van der Waals surface area contributed by atoms with E-state index in [9.17, 15) is 43.8 Å². The van der Waals surface area contributed by atoms with Crippen LogP contribution in [0.15, 0.2) is 59.5 Å². The third kappa shape index (κ3) is 14.9. The molecule has 0 aliphatic carbocycles. The molecule has 10 N–H and O–H groups in total. The molecule has 4 rings (SSSR count). The number of amides is 4. The van der Waals surface area contributed by atoms with Crippen LogP contribution in [0, 0.1) is 15.9 Å². The van der Waals surface area contributed by atoms with Gasteiger partial charge in [0.05, 0.1) is 18.4 Å². The van der Waals surface area contributed by atoms with E-state index in [1.165, 1.54) is 18.3 Å². The Bertz CT molecular complexity index is 2260. The SMILES string of the molecule is C#CCC(NC(=O)CC[C@H](NC(=O)c1ccc(NCc2cnc3nc(N)[nH]c(=O)c3n2)cc1)C(=O)O)C(=O)N[C@@H](CCCCNC(=O)CCCc1ccc(I)cc1)C(=O)O. The normalized spacial score (nSPS) is 12.3. The summed E-state index contributed by atoms with van der Waals surface area (Å²) in [5, 5.41) is 32.6. The fourth-order valence-corrected chi connectivity index (χ4v) is 6.14. The number of carbonyl (C=O) groups excluding carboxylic acids is 4. The van der Waals surface area contributed by atoms with Crippen LogP contribution in [0.4, 0.5) is 11.6 Å². The van der Waals surface area contributed by atoms with E-state index in [2.05, 4.69) is 75.0 Å². The molecule has 0 bridgehead atoms. The van der Waals surface area contributed by atoms with Crippen LogP contribution in [0.25, 0.3) is 11.2 Å². The number of H-pyrrole nitrogens is 1. The Morgan fingerprint density at radius 3 is 2.22 bits per heavy atom. The number of carboxylic acids is 2. The predicted octanol–water partition coefficient (Wildman–Crippen LogP) is 1.86.